The molecule has 0 radical (unpaired) electrons. The molecule has 4 aliphatic carbocycles. The lowest BCUT2D eigenvalue weighted by molar-refractivity contribution is -0.271. The number of imide groups is 1. The molecule has 2 unspecified atom stereocenters. The van der Waals surface area contributed by atoms with Crippen molar-refractivity contribution in [1.82, 2.24) is 34.9 Å². The van der Waals surface area contributed by atoms with Gasteiger partial charge in [0.25, 0.3) is 17.7 Å². The predicted molar refractivity (Wildman–Crippen MR) is 354 cm³/mol. The first-order valence-corrected chi connectivity index (χ1v) is 35.0. The van der Waals surface area contributed by atoms with Gasteiger partial charge in [0, 0.05) is 79.4 Å². The molecule has 28 nitrogen and oxygen atoms in total. The summed E-state index contributed by atoms with van der Waals surface area (Å²) in [5, 5.41) is 69.0. The smallest absolute Gasteiger partial charge is 0.410 e. The predicted octanol–water partition coefficient (Wildman–Crippen LogP) is 5.07. The Morgan fingerprint density at radius 1 is 0.857 bits per heavy atom. The first-order valence-electron chi connectivity index (χ1n) is 32.4. The third-order valence-electron chi connectivity index (χ3n) is 19.6. The first-order chi connectivity index (χ1) is 46.6. The Balaban J connectivity index is 0.711. The van der Waals surface area contributed by atoms with E-state index in [0.717, 1.165) is 76.2 Å². The number of anilines is 2. The van der Waals surface area contributed by atoms with Gasteiger partial charge in [-0.05, 0) is 140 Å². The number of ether oxygens (including phenoxy) is 4. The number of aliphatic carboxylic acids is 1. The number of aryl methyl sites for hydroxylation is 1. The summed E-state index contributed by atoms with van der Waals surface area (Å²) < 4.78 is 52.0. The molecule has 5 fully saturated rings. The van der Waals surface area contributed by atoms with E-state index in [9.17, 15) is 67.5 Å². The van der Waals surface area contributed by atoms with Crippen LogP contribution in [0, 0.1) is 23.2 Å². The van der Waals surface area contributed by atoms with E-state index in [4.69, 9.17) is 34.2 Å². The molecule has 3 aromatic heterocycles. The number of unbranched alkanes of at least 4 members (excludes halogenated alkanes) is 1. The van der Waals surface area contributed by atoms with Gasteiger partial charge in [-0.3, -0.25) is 34.1 Å². The number of fused-ring (bicyclic) bond motifs is 2. The minimum Gasteiger partial charge on any atom is -0.479 e. The van der Waals surface area contributed by atoms with Crippen LogP contribution < -0.4 is 25.4 Å². The zero-order valence-electron chi connectivity index (χ0n) is 54.3. The second kappa shape index (κ2) is 27.5. The molecule has 7 aliphatic rings. The van der Waals surface area contributed by atoms with Crippen molar-refractivity contribution < 1.29 is 86.5 Å². The highest BCUT2D eigenvalue weighted by atomic mass is 32.2. The van der Waals surface area contributed by atoms with Crippen LogP contribution in [-0.4, -0.2) is 187 Å². The van der Waals surface area contributed by atoms with E-state index < -0.39 is 101 Å². The molecule has 1 saturated heterocycles. The minimum absolute atomic E-state index is 0.0167. The van der Waals surface area contributed by atoms with Gasteiger partial charge in [0.2, 0.25) is 22.2 Å². The number of carboxylic acid groups (broad SMARTS) is 2. The molecule has 7 atom stereocenters. The quantitative estimate of drug-likeness (QED) is 0.0259. The molecule has 30 heteroatoms. The lowest BCUT2D eigenvalue weighted by Gasteiger charge is -2.69. The van der Waals surface area contributed by atoms with Crippen molar-refractivity contribution in [2.75, 3.05) is 55.3 Å². The van der Waals surface area contributed by atoms with Gasteiger partial charge in [-0.15, -0.1) is 0 Å². The molecule has 0 spiro atoms. The van der Waals surface area contributed by atoms with Crippen LogP contribution in [0.15, 0.2) is 91.1 Å². The molecular formula is C68H78N10O18S2. The van der Waals surface area contributed by atoms with Gasteiger partial charge in [-0.25, -0.2) is 37.9 Å². The number of carbonyl (C=O) groups excluding carboxylic acids is 5. The van der Waals surface area contributed by atoms with Crippen molar-refractivity contribution in [3.8, 4) is 16.9 Å². The fraction of sp³-hybridized carbons (Fsp3) is 0.471. The van der Waals surface area contributed by atoms with E-state index in [2.05, 4.69) is 29.5 Å². The number of aliphatic hydroxyl groups is 3. The maximum atomic E-state index is 14.2. The summed E-state index contributed by atoms with van der Waals surface area (Å²) in [6.45, 7) is 6.60. The van der Waals surface area contributed by atoms with Crippen molar-refractivity contribution >= 4 is 84.2 Å². The van der Waals surface area contributed by atoms with Gasteiger partial charge in [-0.2, -0.15) is 5.10 Å². The van der Waals surface area contributed by atoms with Crippen LogP contribution in [0.5, 0.6) is 5.75 Å². The van der Waals surface area contributed by atoms with E-state index in [0.29, 0.717) is 84.9 Å². The number of nitrogens with zero attached hydrogens (tertiary/aromatic N) is 7. The molecule has 98 heavy (non-hydrogen) atoms. The van der Waals surface area contributed by atoms with Gasteiger partial charge < -0.3 is 59.6 Å². The molecule has 4 bridgehead atoms. The van der Waals surface area contributed by atoms with Gasteiger partial charge in [0.1, 0.15) is 43.0 Å². The Hall–Kier alpha value is -8.75. The number of carbonyl (C=O) groups is 7. The lowest BCUT2D eigenvalue weighted by Crippen LogP contribution is -2.64. The van der Waals surface area contributed by atoms with Gasteiger partial charge in [-0.1, -0.05) is 61.6 Å². The second-order valence-corrected chi connectivity index (χ2v) is 30.3. The Bertz CT molecular complexity index is 4220. The number of benzene rings is 3. The topological polar surface area (TPSA) is 395 Å². The molecule has 6 aromatic rings. The Labute approximate surface area is 567 Å². The van der Waals surface area contributed by atoms with Crippen LogP contribution in [0.3, 0.4) is 0 Å². The summed E-state index contributed by atoms with van der Waals surface area (Å²) in [6, 6.07) is 21.6. The minimum atomic E-state index is -4.10. The number of pyridine rings is 1. The number of para-hydroxylation sites is 1. The number of nitrogens with two attached hydrogens (primary N) is 1. The van der Waals surface area contributed by atoms with E-state index >= 15 is 0 Å². The Morgan fingerprint density at radius 3 is 2.34 bits per heavy atom. The van der Waals surface area contributed by atoms with E-state index in [1.165, 1.54) is 22.3 Å². The summed E-state index contributed by atoms with van der Waals surface area (Å²) >= 11 is 1.39. The number of hydrogen-bond acceptors (Lipinski definition) is 21. The van der Waals surface area contributed by atoms with Gasteiger partial charge in [0.05, 0.1) is 34.4 Å². The average Bonchev–Trinajstić information content (AvgIpc) is 0.771. The number of aromatic nitrogens is 4. The standard InChI is InChI=1S/C68H78N10O18S2/c1-39-45(43-16-17-50(73-54(43)60(86)87)76-22-20-41-10-8-11-44(46(41)29-76)59(85)74-63-72-47-12-4-5-13-49(47)97-63)28-71-78(39)38-67-33-65(2)32-66(3,34-67)36-68(35-65,37-67)94-25-23-75(24-26-98(69,91)92)64(90)93-31-42-15-14-40(9-6-7-21-70-51(79)30-77-52(80)18-19-53(77)81)27-48(42)95-62-57(84)55(82)56(83)58(96-62)61(88)89/h4-5,8,10-19,27-28,55-58,62,82-84H,6-7,9,20-26,29-38H2,1-3H3,(H,70,79)(H,86,87)(H,88,89)(H2,69,91,92)(H,72,74,85)/t55-,56-,57+,58-,62+,65?,66?,67?,68?/m0/s1. The number of primary sulfonamides is 1. The molecule has 3 aromatic carbocycles. The number of sulfonamides is 1. The zero-order valence-corrected chi connectivity index (χ0v) is 55.9. The van der Waals surface area contributed by atoms with Crippen molar-refractivity contribution in [3.63, 3.8) is 0 Å². The van der Waals surface area contributed by atoms with Crippen LogP contribution in [0.4, 0.5) is 15.7 Å². The zero-order chi connectivity index (χ0) is 69.6. The summed E-state index contributed by atoms with van der Waals surface area (Å²) in [4.78, 5) is 103. The summed E-state index contributed by atoms with van der Waals surface area (Å²) in [7, 11) is -4.10. The molecule has 6 heterocycles. The summed E-state index contributed by atoms with van der Waals surface area (Å²) in [6.07, 6.45) is -0.173. The monoisotopic (exact) mass is 1390 g/mol. The summed E-state index contributed by atoms with van der Waals surface area (Å²) in [5.74, 6) is -5.08. The molecule has 4 saturated carbocycles. The number of amides is 5. The van der Waals surface area contributed by atoms with Gasteiger partial charge >= 0.3 is 18.0 Å². The number of aliphatic hydroxyl groups excluding tert-OH is 3. The van der Waals surface area contributed by atoms with Crippen LogP contribution >= 0.6 is 11.3 Å². The number of nitrogens with one attached hydrogen (secondary N) is 2. The number of carboxylic acids is 2. The van der Waals surface area contributed by atoms with Crippen molar-refractivity contribution in [3.05, 3.63) is 130 Å². The maximum absolute atomic E-state index is 14.2. The van der Waals surface area contributed by atoms with Gasteiger partial charge in [0.15, 0.2) is 16.9 Å². The normalized spacial score (nSPS) is 25.6. The summed E-state index contributed by atoms with van der Waals surface area (Å²) in [5.41, 5.74) is 4.31. The highest BCUT2D eigenvalue weighted by Gasteiger charge is 2.66. The molecular weight excluding hydrogens is 1310 g/mol. The van der Waals surface area contributed by atoms with Crippen molar-refractivity contribution in [2.24, 2.45) is 21.4 Å². The van der Waals surface area contributed by atoms with Crippen molar-refractivity contribution in [1.29, 1.82) is 0 Å². The third-order valence-corrected chi connectivity index (χ3v) is 21.3. The molecule has 520 valence electrons. The highest BCUT2D eigenvalue weighted by molar-refractivity contribution is 7.89. The lowest BCUT2D eigenvalue weighted by atomic mass is 9.39. The fourth-order valence-electron chi connectivity index (χ4n) is 16.3. The van der Waals surface area contributed by atoms with Crippen LogP contribution in [-0.2, 0) is 76.0 Å². The molecule has 3 aliphatic heterocycles. The fourth-order valence-corrected chi connectivity index (χ4v) is 17.6. The average molecular weight is 1390 g/mol. The Morgan fingerprint density at radius 2 is 1.61 bits per heavy atom. The van der Waals surface area contributed by atoms with Crippen LogP contribution in [0.2, 0.25) is 0 Å². The number of rotatable bonds is 26. The first kappa shape index (κ1) is 69.2. The Kier molecular flexibility index (Phi) is 19.4. The number of aromatic carboxylic acids is 1. The second-order valence-electron chi connectivity index (χ2n) is 27.5. The van der Waals surface area contributed by atoms with E-state index in [-0.39, 0.29) is 65.4 Å². The van der Waals surface area contributed by atoms with E-state index in [1.807, 2.05) is 59.0 Å². The van der Waals surface area contributed by atoms with E-state index in [1.54, 1.807) is 30.5 Å². The SMILES string of the molecule is Cc1c(-c2ccc(N3CCc4cccc(C(=O)Nc5nc6ccccc6s5)c4C3)nc2C(=O)O)cnn1CC12CC3(C)CC(C)(C1)CC(OCCN(CCS(N)(=O)=O)C(=O)OCc1ccc(CCCCNC(=O)CN4C(=O)C=CC4=O)cc1O[C@@H]1O[C@H](C(=O)O)[C@@H](O)[C@H](O)[C@H]1O)(C3)C2. The largest absolute Gasteiger partial charge is 0.479 e. The van der Waals surface area contributed by atoms with Crippen LogP contribution in [0.25, 0.3) is 21.3 Å². The van der Waals surface area contributed by atoms with Crippen LogP contribution in [0.1, 0.15) is 114 Å². The highest BCUT2D eigenvalue weighted by Crippen LogP contribution is 2.72. The van der Waals surface area contributed by atoms with Crippen molar-refractivity contribution in [2.45, 2.75) is 141 Å². The number of hydrogen-bond donors (Lipinski definition) is 8. The third kappa shape index (κ3) is 15.0. The molecule has 9 N–H and O–H groups in total. The number of thiazole rings is 1. The molecule has 13 rings (SSSR count). The maximum Gasteiger partial charge on any atom is 0.410 e. The molecule has 5 amide bonds.